The van der Waals surface area contributed by atoms with E-state index in [0.29, 0.717) is 29.4 Å². The smallest absolute Gasteiger partial charge is 0.0946 e. The second kappa shape index (κ2) is 6.74. The molecule has 5 aliphatic carbocycles. The molecule has 7 aliphatic rings. The Morgan fingerprint density at radius 1 is 1.22 bits per heavy atom. The van der Waals surface area contributed by atoms with Crippen molar-refractivity contribution in [1.29, 1.82) is 0 Å². The van der Waals surface area contributed by atoms with Gasteiger partial charge in [-0.3, -0.25) is 4.90 Å². The molecule has 5 fully saturated rings. The number of nitrogens with zero attached hydrogens (tertiary/aromatic N) is 1. The number of hydrogen-bond acceptors (Lipinski definition) is 3. The first kappa shape index (κ1) is 20.3. The van der Waals surface area contributed by atoms with Crippen LogP contribution in [0.2, 0.25) is 0 Å². The number of rotatable bonds is 1. The topological polar surface area (TPSA) is 32.7 Å². The van der Waals surface area contributed by atoms with Gasteiger partial charge in [-0.25, -0.2) is 0 Å². The van der Waals surface area contributed by atoms with Gasteiger partial charge in [-0.1, -0.05) is 37.0 Å². The van der Waals surface area contributed by atoms with Gasteiger partial charge in [0.25, 0.3) is 0 Å². The first-order valence-electron chi connectivity index (χ1n) is 13.4. The maximum atomic E-state index is 10.3. The van der Waals surface area contributed by atoms with Crippen LogP contribution >= 0.6 is 0 Å². The summed E-state index contributed by atoms with van der Waals surface area (Å²) in [5.74, 6) is 6.65. The van der Waals surface area contributed by atoms with Crippen molar-refractivity contribution < 1.29 is 9.84 Å². The number of likely N-dealkylation sites (tertiary alicyclic amines) is 1. The highest BCUT2D eigenvalue weighted by molar-refractivity contribution is 5.45. The highest BCUT2D eigenvalue weighted by atomic mass is 16.5. The standard InChI is InChI=1S/C29H39NO2/c1-4-11-30-16-17(2)12-26-27(30)25-15-24-22-14-23-21(20(22)8-10-29(24,25)32-26)6-5-18-13-19(31)7-9-28(18,23)3/h1,5,17,19-21,23,25-27,31H,6-16H2,2-3H3/t17-,19-,20-,21-,23-,25+,26+,27-,28-,29-/m0/s1. The average molecular weight is 434 g/mol. The molecule has 2 aliphatic heterocycles. The van der Waals surface area contributed by atoms with Crippen LogP contribution in [0.1, 0.15) is 71.6 Å². The molecule has 0 bridgehead atoms. The van der Waals surface area contributed by atoms with Crippen LogP contribution in [0.5, 0.6) is 0 Å². The molecule has 0 amide bonds. The van der Waals surface area contributed by atoms with Crippen molar-refractivity contribution in [2.75, 3.05) is 13.1 Å². The summed E-state index contributed by atoms with van der Waals surface area (Å²) >= 11 is 0. The van der Waals surface area contributed by atoms with E-state index >= 15 is 0 Å². The van der Waals surface area contributed by atoms with Gasteiger partial charge < -0.3 is 9.84 Å². The van der Waals surface area contributed by atoms with Crippen molar-refractivity contribution in [2.24, 2.45) is 35.0 Å². The number of allylic oxidation sites excluding steroid dienone is 2. The summed E-state index contributed by atoms with van der Waals surface area (Å²) in [5.41, 5.74) is 5.49. The SMILES string of the molecule is C#CCN1C[C@@H](C)C[C@H]2O[C@@]34CC[C@@H]5C(=C3C[C@@H]4[C@@H]21)C[C@H]1[C@H]5CC=C2C[C@@H](O)CC[C@@]21C. The molecule has 0 radical (unpaired) electrons. The zero-order valence-corrected chi connectivity index (χ0v) is 19.9. The molecule has 0 aromatic carbocycles. The average Bonchev–Trinajstić information content (AvgIpc) is 3.21. The van der Waals surface area contributed by atoms with Gasteiger partial charge in [0.05, 0.1) is 24.4 Å². The number of aliphatic hydroxyl groups is 1. The number of aliphatic hydroxyl groups excluding tert-OH is 1. The van der Waals surface area contributed by atoms with E-state index in [1.54, 1.807) is 11.1 Å². The van der Waals surface area contributed by atoms with E-state index in [9.17, 15) is 5.11 Å². The van der Waals surface area contributed by atoms with Crippen LogP contribution in [0.25, 0.3) is 0 Å². The molecule has 172 valence electrons. The summed E-state index contributed by atoms with van der Waals surface area (Å²) < 4.78 is 7.10. The predicted molar refractivity (Wildman–Crippen MR) is 126 cm³/mol. The largest absolute Gasteiger partial charge is 0.393 e. The summed E-state index contributed by atoms with van der Waals surface area (Å²) in [4.78, 5) is 2.59. The van der Waals surface area contributed by atoms with Crippen LogP contribution in [-0.2, 0) is 4.74 Å². The minimum Gasteiger partial charge on any atom is -0.393 e. The van der Waals surface area contributed by atoms with Gasteiger partial charge in [-0.2, -0.15) is 0 Å². The molecule has 2 saturated heterocycles. The van der Waals surface area contributed by atoms with E-state index in [4.69, 9.17) is 11.2 Å². The Kier molecular flexibility index (Phi) is 4.28. The Morgan fingerprint density at radius 2 is 2.09 bits per heavy atom. The Balaban J connectivity index is 1.21. The summed E-state index contributed by atoms with van der Waals surface area (Å²) in [6, 6.07) is 0.539. The summed E-state index contributed by atoms with van der Waals surface area (Å²) in [6.45, 7) is 6.81. The zero-order chi connectivity index (χ0) is 21.8. The van der Waals surface area contributed by atoms with E-state index < -0.39 is 0 Å². The molecule has 0 unspecified atom stereocenters. The zero-order valence-electron chi connectivity index (χ0n) is 19.9. The maximum absolute atomic E-state index is 10.3. The predicted octanol–water partition coefficient (Wildman–Crippen LogP) is 4.71. The minimum atomic E-state index is -0.115. The Hall–Kier alpha value is -1.08. The van der Waals surface area contributed by atoms with Crippen LogP contribution in [0.3, 0.4) is 0 Å². The van der Waals surface area contributed by atoms with E-state index in [2.05, 4.69) is 30.7 Å². The van der Waals surface area contributed by atoms with E-state index in [1.165, 1.54) is 44.9 Å². The second-order valence-electron chi connectivity index (χ2n) is 12.7. The minimum absolute atomic E-state index is 0.0471. The van der Waals surface area contributed by atoms with Crippen molar-refractivity contribution in [3.8, 4) is 12.3 Å². The van der Waals surface area contributed by atoms with E-state index in [0.717, 1.165) is 43.7 Å². The third-order valence-electron chi connectivity index (χ3n) is 11.4. The molecule has 3 saturated carbocycles. The van der Waals surface area contributed by atoms with Gasteiger partial charge in [0.1, 0.15) is 0 Å². The monoisotopic (exact) mass is 433 g/mol. The van der Waals surface area contributed by atoms with Crippen LogP contribution < -0.4 is 0 Å². The quantitative estimate of drug-likeness (QED) is 0.480. The van der Waals surface area contributed by atoms with Gasteiger partial charge >= 0.3 is 0 Å². The van der Waals surface area contributed by atoms with Gasteiger partial charge in [-0.15, -0.1) is 6.42 Å². The molecule has 0 aromatic heterocycles. The molecule has 2 heterocycles. The van der Waals surface area contributed by atoms with Gasteiger partial charge in [0, 0.05) is 18.5 Å². The lowest BCUT2D eigenvalue weighted by atomic mass is 9.54. The molecule has 7 rings (SSSR count). The molecule has 1 N–H and O–H groups in total. The highest BCUT2D eigenvalue weighted by Gasteiger charge is 2.68. The number of hydrogen-bond donors (Lipinski definition) is 1. The number of terminal acetylenes is 1. The number of piperidine rings is 1. The number of fused-ring (bicyclic) bond motifs is 7. The third-order valence-corrected chi connectivity index (χ3v) is 11.4. The Bertz CT molecular complexity index is 943. The molecular formula is C29H39NO2. The van der Waals surface area contributed by atoms with Crippen LogP contribution in [-0.4, -0.2) is 46.9 Å². The van der Waals surface area contributed by atoms with Gasteiger partial charge in [-0.05, 0) is 92.4 Å². The summed E-state index contributed by atoms with van der Waals surface area (Å²) in [7, 11) is 0. The molecule has 3 heteroatoms. The Morgan fingerprint density at radius 3 is 2.94 bits per heavy atom. The van der Waals surface area contributed by atoms with Crippen molar-refractivity contribution in [3.05, 3.63) is 22.8 Å². The lowest BCUT2D eigenvalue weighted by molar-refractivity contribution is -0.0842. The maximum Gasteiger partial charge on any atom is 0.0946 e. The van der Waals surface area contributed by atoms with Crippen LogP contribution in [0, 0.1) is 47.3 Å². The molecule has 1 spiro atoms. The molecule has 0 aromatic rings. The highest BCUT2D eigenvalue weighted by Crippen LogP contribution is 2.69. The molecule has 3 nitrogen and oxygen atoms in total. The van der Waals surface area contributed by atoms with E-state index in [1.807, 2.05) is 5.57 Å². The molecular weight excluding hydrogens is 394 g/mol. The second-order valence-corrected chi connectivity index (χ2v) is 12.7. The lowest BCUT2D eigenvalue weighted by Gasteiger charge is -2.54. The van der Waals surface area contributed by atoms with Crippen molar-refractivity contribution in [2.45, 2.75) is 95.5 Å². The van der Waals surface area contributed by atoms with Crippen LogP contribution in [0.15, 0.2) is 22.8 Å². The van der Waals surface area contributed by atoms with Crippen molar-refractivity contribution in [3.63, 3.8) is 0 Å². The molecule has 10 atom stereocenters. The van der Waals surface area contributed by atoms with Crippen molar-refractivity contribution in [1.82, 2.24) is 4.90 Å². The molecule has 32 heavy (non-hydrogen) atoms. The first-order valence-corrected chi connectivity index (χ1v) is 13.4. The van der Waals surface area contributed by atoms with Crippen molar-refractivity contribution >= 4 is 0 Å². The summed E-state index contributed by atoms with van der Waals surface area (Å²) in [6.07, 6.45) is 19.2. The van der Waals surface area contributed by atoms with Gasteiger partial charge in [0.2, 0.25) is 0 Å². The van der Waals surface area contributed by atoms with E-state index in [-0.39, 0.29) is 11.7 Å². The Labute approximate surface area is 193 Å². The number of ether oxygens (including phenoxy) is 1. The fourth-order valence-corrected chi connectivity index (χ4v) is 10.0. The first-order chi connectivity index (χ1) is 15.4. The summed E-state index contributed by atoms with van der Waals surface area (Å²) in [5, 5.41) is 10.3. The lowest BCUT2D eigenvalue weighted by Crippen LogP contribution is -2.57. The van der Waals surface area contributed by atoms with Crippen LogP contribution in [0.4, 0.5) is 0 Å². The van der Waals surface area contributed by atoms with Gasteiger partial charge in [0.15, 0.2) is 0 Å². The normalized spacial score (nSPS) is 53.6. The fourth-order valence-electron chi connectivity index (χ4n) is 10.0. The third kappa shape index (κ3) is 2.45. The fraction of sp³-hybridized carbons (Fsp3) is 0.793.